The molecule has 8 heterocycles. The van der Waals surface area contributed by atoms with E-state index >= 15 is 0 Å². The molecule has 10 fully saturated rings. The van der Waals surface area contributed by atoms with Crippen molar-refractivity contribution in [1.29, 1.82) is 0 Å². The molecule has 0 N–H and O–H groups in total. The molecule has 75 heavy (non-hydrogen) atoms. The molecule has 4 bridgehead atoms. The minimum Gasteiger partial charge on any atom is -0.493 e. The number of methoxy groups -OCH3 is 2. The van der Waals surface area contributed by atoms with Gasteiger partial charge in [0.2, 0.25) is 24.2 Å². The Morgan fingerprint density at radius 2 is 1.03 bits per heavy atom. The number of hydrogen-bond donors (Lipinski definition) is 0. The minimum absolute atomic E-state index is 0.0289. The zero-order valence-electron chi connectivity index (χ0n) is 43.7. The van der Waals surface area contributed by atoms with Crippen molar-refractivity contribution < 1.29 is 90.9 Å². The van der Waals surface area contributed by atoms with Crippen molar-refractivity contribution in [3.63, 3.8) is 0 Å². The van der Waals surface area contributed by atoms with Crippen LogP contribution in [0.2, 0.25) is 0 Å². The first-order chi connectivity index (χ1) is 35.9. The third-order valence-corrected chi connectivity index (χ3v) is 17.3. The molecule has 2 saturated carbocycles. The van der Waals surface area contributed by atoms with Crippen LogP contribution < -0.4 is 18.9 Å². The van der Waals surface area contributed by atoms with Gasteiger partial charge in [-0.25, -0.2) is 24.3 Å². The molecule has 2 aromatic carbocycles. The van der Waals surface area contributed by atoms with Crippen LogP contribution in [0.4, 0.5) is 4.79 Å². The van der Waals surface area contributed by atoms with Gasteiger partial charge in [-0.1, -0.05) is 52.0 Å². The summed E-state index contributed by atoms with van der Waals surface area (Å²) in [4.78, 5) is 89.1. The number of carbonyl (C=O) groups is 5. The maximum absolute atomic E-state index is 13.3. The van der Waals surface area contributed by atoms with Crippen molar-refractivity contribution in [2.24, 2.45) is 47.3 Å². The summed E-state index contributed by atoms with van der Waals surface area (Å²) in [6, 6.07) is 9.38. The van der Waals surface area contributed by atoms with E-state index in [4.69, 9.17) is 66.9 Å². The summed E-state index contributed by atoms with van der Waals surface area (Å²) in [6.45, 7) is 12.0. The molecule has 2 spiro atoms. The van der Waals surface area contributed by atoms with E-state index in [1.54, 1.807) is 24.3 Å². The topological polar surface area (TPSA) is 215 Å². The molecule has 0 amide bonds. The Morgan fingerprint density at radius 1 is 0.560 bits per heavy atom. The van der Waals surface area contributed by atoms with Crippen LogP contribution in [0.15, 0.2) is 48.6 Å². The maximum atomic E-state index is 13.3. The van der Waals surface area contributed by atoms with Gasteiger partial charge < -0.3 is 47.4 Å². The summed E-state index contributed by atoms with van der Waals surface area (Å²) in [7, 11) is 2.81. The van der Waals surface area contributed by atoms with Gasteiger partial charge >= 0.3 is 18.1 Å². The van der Waals surface area contributed by atoms with Gasteiger partial charge in [-0.2, -0.15) is 0 Å². The lowest BCUT2D eigenvalue weighted by Crippen LogP contribution is -2.70. The third-order valence-electron chi connectivity index (χ3n) is 17.3. The predicted octanol–water partition coefficient (Wildman–Crippen LogP) is 9.12. The average Bonchev–Trinajstić information content (AvgIpc) is 3.80. The average molecular weight is 1050 g/mol. The highest BCUT2D eigenvalue weighted by atomic mass is 17.3. The molecule has 0 radical (unpaired) electrons. The summed E-state index contributed by atoms with van der Waals surface area (Å²) >= 11 is 0. The van der Waals surface area contributed by atoms with Crippen LogP contribution in [0, 0.1) is 47.3 Å². The number of allylic oxidation sites excluding steroid dienone is 2. The second-order valence-electron chi connectivity index (χ2n) is 22.1. The number of carbonyl (C=O) groups excluding carboxylic acids is 5. The molecule has 0 aromatic heterocycles. The van der Waals surface area contributed by atoms with Crippen molar-refractivity contribution in [2.45, 2.75) is 160 Å². The lowest BCUT2D eigenvalue weighted by molar-refractivity contribution is -0.576. The van der Waals surface area contributed by atoms with Crippen LogP contribution in [0.1, 0.15) is 123 Å². The van der Waals surface area contributed by atoms with Gasteiger partial charge in [0, 0.05) is 36.5 Å². The van der Waals surface area contributed by atoms with Crippen LogP contribution in [0.3, 0.4) is 0 Å². The van der Waals surface area contributed by atoms with Crippen LogP contribution in [-0.2, 0) is 67.1 Å². The van der Waals surface area contributed by atoms with Gasteiger partial charge in [-0.15, -0.1) is 0 Å². The predicted molar refractivity (Wildman–Crippen MR) is 260 cm³/mol. The maximum Gasteiger partial charge on any atom is 0.516 e. The molecule has 10 aliphatic rings. The lowest BCUT2D eigenvalue weighted by Gasteiger charge is -2.59. The number of rotatable bonds is 15. The lowest BCUT2D eigenvalue weighted by atomic mass is 9.58. The molecule has 8 saturated heterocycles. The first-order valence-electron chi connectivity index (χ1n) is 26.3. The fourth-order valence-corrected chi connectivity index (χ4v) is 13.2. The van der Waals surface area contributed by atoms with Crippen molar-refractivity contribution in [3.05, 3.63) is 59.7 Å². The van der Waals surface area contributed by atoms with E-state index < -0.39 is 84.0 Å². The number of ketones is 2. The van der Waals surface area contributed by atoms with Gasteiger partial charge in [0.05, 0.1) is 33.5 Å². The Bertz CT molecular complexity index is 2600. The Labute approximate surface area is 435 Å². The van der Waals surface area contributed by atoms with Gasteiger partial charge in [0.15, 0.2) is 58.3 Å². The minimum atomic E-state index is -0.993. The van der Waals surface area contributed by atoms with E-state index in [0.717, 1.165) is 38.5 Å². The van der Waals surface area contributed by atoms with Crippen molar-refractivity contribution in [3.8, 4) is 23.0 Å². The highest BCUT2D eigenvalue weighted by Crippen LogP contribution is 2.62. The first-order valence-corrected chi connectivity index (χ1v) is 26.3. The fourth-order valence-electron chi connectivity index (χ4n) is 13.2. The van der Waals surface area contributed by atoms with Crippen LogP contribution >= 0.6 is 0 Å². The fraction of sp³-hybridized carbons (Fsp3) is 0.625. The number of ether oxygens (including phenoxy) is 10. The Hall–Kier alpha value is -5.25. The Morgan fingerprint density at radius 3 is 1.52 bits per heavy atom. The van der Waals surface area contributed by atoms with Crippen molar-refractivity contribution in [1.82, 2.24) is 0 Å². The molecular weight excluding hydrogens is 977 g/mol. The molecule has 19 heteroatoms. The molecule has 406 valence electrons. The summed E-state index contributed by atoms with van der Waals surface area (Å²) < 4.78 is 59.1. The van der Waals surface area contributed by atoms with E-state index in [2.05, 4.69) is 13.8 Å². The zero-order chi connectivity index (χ0) is 53.0. The standard InChI is InChI=1S/C56H68O19/c1-30-9-17-40-32(3)48(67-50-55(40)38(30)23-25-53(5,70-50)72-74-55)66-47(60)22-21-46(59)64-42-19-13-34(27-44(42)62-7)11-15-36(57)29-37(58)16-12-35-14-20-43(45(28-35)63-8)65-52(61)69-49-33(4)41-18-10-31(2)39-24-26-54(6)71-51(68-49)56(39,41)75-73-54/h11-16,19-20,27-28,30-33,38-41,48-51H,9-10,17-18,21-26,29H2,1-8H3/b15-11-,16-12-/t30-,31-,32-,33-,38+,39+,40+,41+,48-,49+,50-,51-,53-,54-,55-,56-/m1/s1. The van der Waals surface area contributed by atoms with Crippen LogP contribution in [0.25, 0.3) is 12.2 Å². The molecular formula is C56H68O19. The highest BCUT2D eigenvalue weighted by molar-refractivity contribution is 6.11. The molecule has 19 nitrogen and oxygen atoms in total. The monoisotopic (exact) mass is 1040 g/mol. The molecule has 0 unspecified atom stereocenters. The first kappa shape index (κ1) is 53.2. The van der Waals surface area contributed by atoms with E-state index in [9.17, 15) is 24.0 Å². The number of benzene rings is 2. The van der Waals surface area contributed by atoms with Crippen molar-refractivity contribution in [2.75, 3.05) is 14.2 Å². The number of hydrogen-bond acceptors (Lipinski definition) is 19. The quantitative estimate of drug-likeness (QED) is 0.0406. The zero-order valence-corrected chi connectivity index (χ0v) is 43.7. The molecule has 2 aliphatic carbocycles. The third kappa shape index (κ3) is 10.1. The Kier molecular flexibility index (Phi) is 14.8. The van der Waals surface area contributed by atoms with Gasteiger partial charge in [-0.05, 0) is 124 Å². The molecule has 16 atom stereocenters. The molecule has 2 aromatic rings. The van der Waals surface area contributed by atoms with E-state index in [0.29, 0.717) is 35.8 Å². The second-order valence-corrected chi connectivity index (χ2v) is 22.1. The number of esters is 2. The van der Waals surface area contributed by atoms with E-state index in [-0.39, 0.29) is 71.3 Å². The summed E-state index contributed by atoms with van der Waals surface area (Å²) in [6.07, 6.45) is 6.92. The molecule has 8 aliphatic heterocycles. The van der Waals surface area contributed by atoms with Crippen LogP contribution in [0.5, 0.6) is 23.0 Å². The normalized spacial score (nSPS) is 38.3. The summed E-state index contributed by atoms with van der Waals surface area (Å²) in [5, 5.41) is 0. The highest BCUT2D eigenvalue weighted by Gasteiger charge is 2.71. The summed E-state index contributed by atoms with van der Waals surface area (Å²) in [5.74, 6) is -3.02. The van der Waals surface area contributed by atoms with Gasteiger partial charge in [-0.3, -0.25) is 19.2 Å². The van der Waals surface area contributed by atoms with Gasteiger partial charge in [0.1, 0.15) is 0 Å². The second kappa shape index (κ2) is 20.9. The summed E-state index contributed by atoms with van der Waals surface area (Å²) in [5.41, 5.74) is -0.526. The number of fused-ring (bicyclic) bond motifs is 4. The van der Waals surface area contributed by atoms with E-state index in [1.165, 1.54) is 50.7 Å². The van der Waals surface area contributed by atoms with E-state index in [1.807, 2.05) is 27.7 Å². The van der Waals surface area contributed by atoms with Crippen LogP contribution in [-0.4, -0.2) is 91.8 Å². The Balaban J connectivity index is 0.677. The molecule has 12 rings (SSSR count). The smallest absolute Gasteiger partial charge is 0.493 e. The SMILES string of the molecule is COc1cc(/C=C\C(=O)CC(=O)/C=C\c2ccc(OC(=O)O[C@@H]3O[C@@H]4O[C@@]5(C)CC[C@H]6[C@H](C)CC[C@@H]([C@H]3C)[C@@]46OO5)c(OC)c2)ccc1OC(=O)CCC(=O)O[C@@H]1O[C@@H]2O[C@@]3(C)CC[C@H]4[C@H](C)CC[C@@H]([C@H]1C)[C@@]24OO3. The largest absolute Gasteiger partial charge is 0.516 e. The van der Waals surface area contributed by atoms with Crippen molar-refractivity contribution >= 4 is 41.8 Å². The van der Waals surface area contributed by atoms with Gasteiger partial charge in [0.25, 0.3) is 0 Å².